The molecule has 0 aliphatic heterocycles. The van der Waals surface area contributed by atoms with Crippen LogP contribution in [0.3, 0.4) is 0 Å². The Morgan fingerprint density at radius 3 is 2.64 bits per heavy atom. The van der Waals surface area contributed by atoms with Crippen molar-refractivity contribution in [3.8, 4) is 5.75 Å². The van der Waals surface area contributed by atoms with Gasteiger partial charge in [0, 0.05) is 5.69 Å². The molecule has 0 aliphatic rings. The molecule has 0 aliphatic carbocycles. The first-order chi connectivity index (χ1) is 10.6. The van der Waals surface area contributed by atoms with Crippen LogP contribution in [-0.4, -0.2) is 12.8 Å². The van der Waals surface area contributed by atoms with Crippen LogP contribution < -0.4 is 15.4 Å². The second kappa shape index (κ2) is 7.92. The number of benzene rings is 2. The van der Waals surface area contributed by atoms with E-state index >= 15 is 0 Å². The summed E-state index contributed by atoms with van der Waals surface area (Å²) in [6.07, 6.45) is 0.867. The number of anilines is 1. The molecule has 0 radical (unpaired) electrons. The lowest BCUT2D eigenvalue weighted by Crippen LogP contribution is -2.32. The predicted octanol–water partition coefficient (Wildman–Crippen LogP) is 4.71. The number of hydrogen-bond donors (Lipinski definition) is 2. The highest BCUT2D eigenvalue weighted by molar-refractivity contribution is 6.42. The molecule has 0 heterocycles. The minimum Gasteiger partial charge on any atom is -0.473 e. The maximum Gasteiger partial charge on any atom is 0.321 e. The molecule has 0 spiro atoms. The monoisotopic (exact) mass is 338 g/mol. The van der Waals surface area contributed by atoms with E-state index in [4.69, 9.17) is 27.9 Å². The van der Waals surface area contributed by atoms with Crippen LogP contribution >= 0.6 is 23.2 Å². The van der Waals surface area contributed by atoms with Crippen molar-refractivity contribution < 1.29 is 9.53 Å². The van der Waals surface area contributed by atoms with Crippen LogP contribution in [0.4, 0.5) is 10.5 Å². The molecule has 2 aromatic carbocycles. The van der Waals surface area contributed by atoms with Crippen molar-refractivity contribution in [1.29, 1.82) is 0 Å². The third-order valence-corrected chi connectivity index (χ3v) is 3.73. The summed E-state index contributed by atoms with van der Waals surface area (Å²) in [5.41, 5.74) is 1.65. The number of hydrogen-bond acceptors (Lipinski definition) is 2. The Morgan fingerprint density at radius 2 is 1.91 bits per heavy atom. The normalized spacial score (nSPS) is 10.1. The molecular weight excluding hydrogens is 323 g/mol. The second-order valence-corrected chi connectivity index (χ2v) is 5.32. The summed E-state index contributed by atoms with van der Waals surface area (Å²) in [5.74, 6) is 0.764. The van der Waals surface area contributed by atoms with Gasteiger partial charge in [-0.2, -0.15) is 0 Å². The number of carbonyl (C=O) groups is 1. The van der Waals surface area contributed by atoms with E-state index in [-0.39, 0.29) is 12.8 Å². The summed E-state index contributed by atoms with van der Waals surface area (Å²) in [6.45, 7) is 2.12. The fraction of sp³-hybridized carbons (Fsp3) is 0.188. The van der Waals surface area contributed by atoms with Crippen molar-refractivity contribution in [1.82, 2.24) is 5.32 Å². The van der Waals surface area contributed by atoms with E-state index in [0.717, 1.165) is 17.7 Å². The molecule has 0 bridgehead atoms. The number of amides is 2. The molecule has 0 aromatic heterocycles. The lowest BCUT2D eigenvalue weighted by molar-refractivity contribution is 0.234. The molecule has 22 heavy (non-hydrogen) atoms. The Hall–Kier alpha value is -1.91. The average molecular weight is 339 g/mol. The molecular formula is C16H16Cl2N2O2. The number of ether oxygens (including phenoxy) is 1. The fourth-order valence-corrected chi connectivity index (χ4v) is 2.16. The SMILES string of the molecule is CCc1ccccc1OCNC(=O)Nc1ccc(Cl)c(Cl)c1. The summed E-state index contributed by atoms with van der Waals surface area (Å²) in [6, 6.07) is 12.2. The Morgan fingerprint density at radius 1 is 1.14 bits per heavy atom. The molecule has 2 amide bonds. The fourth-order valence-electron chi connectivity index (χ4n) is 1.87. The van der Waals surface area contributed by atoms with Crippen LogP contribution in [0.5, 0.6) is 5.75 Å². The first kappa shape index (κ1) is 16.5. The Bertz CT molecular complexity index is 662. The van der Waals surface area contributed by atoms with E-state index in [1.54, 1.807) is 18.2 Å². The Kier molecular flexibility index (Phi) is 5.92. The summed E-state index contributed by atoms with van der Waals surface area (Å²) in [4.78, 5) is 11.8. The number of nitrogens with one attached hydrogen (secondary N) is 2. The number of para-hydroxylation sites is 1. The largest absolute Gasteiger partial charge is 0.473 e. The quantitative estimate of drug-likeness (QED) is 0.775. The van der Waals surface area contributed by atoms with Gasteiger partial charge in [0.05, 0.1) is 10.0 Å². The van der Waals surface area contributed by atoms with Crippen molar-refractivity contribution in [3.05, 3.63) is 58.1 Å². The molecule has 4 nitrogen and oxygen atoms in total. The molecule has 2 rings (SSSR count). The summed E-state index contributed by atoms with van der Waals surface area (Å²) >= 11 is 11.7. The minimum atomic E-state index is -0.382. The molecule has 0 atom stereocenters. The first-order valence-electron chi connectivity index (χ1n) is 6.80. The molecule has 0 fully saturated rings. The zero-order chi connectivity index (χ0) is 15.9. The van der Waals surface area contributed by atoms with E-state index < -0.39 is 0 Å². The number of carbonyl (C=O) groups excluding carboxylic acids is 1. The number of halogens is 2. The average Bonchev–Trinajstić information content (AvgIpc) is 2.51. The van der Waals surface area contributed by atoms with Crippen LogP contribution in [-0.2, 0) is 6.42 Å². The van der Waals surface area contributed by atoms with Gasteiger partial charge in [0.15, 0.2) is 6.73 Å². The molecule has 116 valence electrons. The lowest BCUT2D eigenvalue weighted by atomic mass is 10.1. The van der Waals surface area contributed by atoms with Crippen LogP contribution in [0.25, 0.3) is 0 Å². The third-order valence-electron chi connectivity index (χ3n) is 2.99. The van der Waals surface area contributed by atoms with E-state index in [0.29, 0.717) is 15.7 Å². The third kappa shape index (κ3) is 4.55. The maximum atomic E-state index is 11.8. The van der Waals surface area contributed by atoms with Crippen molar-refractivity contribution in [2.45, 2.75) is 13.3 Å². The predicted molar refractivity (Wildman–Crippen MR) is 89.9 cm³/mol. The molecule has 6 heteroatoms. The van der Waals surface area contributed by atoms with Crippen LogP contribution in [0.15, 0.2) is 42.5 Å². The van der Waals surface area contributed by atoms with Gasteiger partial charge in [-0.1, -0.05) is 48.3 Å². The highest BCUT2D eigenvalue weighted by Crippen LogP contribution is 2.24. The highest BCUT2D eigenvalue weighted by atomic mass is 35.5. The number of rotatable bonds is 5. The minimum absolute atomic E-state index is 0.0736. The molecule has 0 saturated heterocycles. The van der Waals surface area contributed by atoms with E-state index in [1.165, 1.54) is 0 Å². The van der Waals surface area contributed by atoms with Gasteiger partial charge in [0.25, 0.3) is 0 Å². The van der Waals surface area contributed by atoms with Crippen LogP contribution in [0, 0.1) is 0 Å². The molecule has 2 N–H and O–H groups in total. The number of aryl methyl sites for hydroxylation is 1. The summed E-state index contributed by atoms with van der Waals surface area (Å²) in [5, 5.41) is 6.09. The zero-order valence-electron chi connectivity index (χ0n) is 12.0. The van der Waals surface area contributed by atoms with Crippen molar-refractivity contribution >= 4 is 34.9 Å². The zero-order valence-corrected chi connectivity index (χ0v) is 13.5. The Labute approximate surface area is 139 Å². The Balaban J connectivity index is 1.84. The second-order valence-electron chi connectivity index (χ2n) is 4.51. The lowest BCUT2D eigenvalue weighted by Gasteiger charge is -2.12. The highest BCUT2D eigenvalue weighted by Gasteiger charge is 2.05. The molecule has 0 unspecified atom stereocenters. The smallest absolute Gasteiger partial charge is 0.321 e. The van der Waals surface area contributed by atoms with Gasteiger partial charge >= 0.3 is 6.03 Å². The van der Waals surface area contributed by atoms with E-state index in [2.05, 4.69) is 10.6 Å². The van der Waals surface area contributed by atoms with Crippen LogP contribution in [0.1, 0.15) is 12.5 Å². The molecule has 2 aromatic rings. The van der Waals surface area contributed by atoms with Crippen LogP contribution in [0.2, 0.25) is 10.0 Å². The maximum absolute atomic E-state index is 11.8. The summed E-state index contributed by atoms with van der Waals surface area (Å²) < 4.78 is 5.56. The van der Waals surface area contributed by atoms with E-state index in [1.807, 2.05) is 31.2 Å². The van der Waals surface area contributed by atoms with E-state index in [9.17, 15) is 4.79 Å². The van der Waals surface area contributed by atoms with Gasteiger partial charge in [-0.3, -0.25) is 0 Å². The van der Waals surface area contributed by atoms with Gasteiger partial charge < -0.3 is 15.4 Å². The van der Waals surface area contributed by atoms with Gasteiger partial charge in [0.1, 0.15) is 5.75 Å². The van der Waals surface area contributed by atoms with Gasteiger partial charge in [-0.25, -0.2) is 4.79 Å². The molecule has 0 saturated carbocycles. The van der Waals surface area contributed by atoms with Crippen molar-refractivity contribution in [3.63, 3.8) is 0 Å². The van der Waals surface area contributed by atoms with Gasteiger partial charge in [-0.15, -0.1) is 0 Å². The topological polar surface area (TPSA) is 50.4 Å². The summed E-state index contributed by atoms with van der Waals surface area (Å²) in [7, 11) is 0. The van der Waals surface area contributed by atoms with Gasteiger partial charge in [-0.05, 0) is 36.2 Å². The standard InChI is InChI=1S/C16H16Cl2N2O2/c1-2-11-5-3-4-6-15(11)22-10-19-16(21)20-12-7-8-13(17)14(18)9-12/h3-9H,2,10H2,1H3,(H2,19,20,21). The van der Waals surface area contributed by atoms with Crippen molar-refractivity contribution in [2.75, 3.05) is 12.0 Å². The van der Waals surface area contributed by atoms with Gasteiger partial charge in [0.2, 0.25) is 0 Å². The number of urea groups is 1. The first-order valence-corrected chi connectivity index (χ1v) is 7.56. The van der Waals surface area contributed by atoms with Crippen molar-refractivity contribution in [2.24, 2.45) is 0 Å².